The Morgan fingerprint density at radius 3 is 3.00 bits per heavy atom. The van der Waals surface area contributed by atoms with Crippen molar-refractivity contribution in [2.45, 2.75) is 43.4 Å². The molecule has 0 aromatic heterocycles. The van der Waals surface area contributed by atoms with Crippen LogP contribution in [-0.2, 0) is 9.53 Å². The molecule has 17 heavy (non-hydrogen) atoms. The Balaban J connectivity index is 1.50. The Bertz CT molecular complexity index is 315. The third-order valence-corrected chi connectivity index (χ3v) is 4.31. The number of aliphatic hydroxyl groups is 1. The van der Waals surface area contributed by atoms with Crippen LogP contribution in [0.1, 0.15) is 25.7 Å². The zero-order chi connectivity index (χ0) is 11.9. The van der Waals surface area contributed by atoms with Gasteiger partial charge in [0.15, 0.2) is 0 Å². The largest absolute Gasteiger partial charge is 0.386 e. The molecule has 3 heterocycles. The molecule has 5 nitrogen and oxygen atoms in total. The average molecular weight is 240 g/mol. The number of amides is 1. The second-order valence-corrected chi connectivity index (χ2v) is 5.63. The molecule has 5 heteroatoms. The number of ether oxygens (including phenoxy) is 1. The van der Waals surface area contributed by atoms with E-state index in [9.17, 15) is 9.90 Å². The van der Waals surface area contributed by atoms with Crippen LogP contribution in [0.5, 0.6) is 0 Å². The Hall–Kier alpha value is -0.650. The first-order valence-electron chi connectivity index (χ1n) is 6.50. The molecule has 3 fully saturated rings. The van der Waals surface area contributed by atoms with E-state index < -0.39 is 5.60 Å². The zero-order valence-corrected chi connectivity index (χ0v) is 9.95. The standard InChI is InChI=1S/C12H20N2O3/c15-11(9-5-8-1-2-10(9)14-8)13-6-12(16)3-4-17-7-12/h8-10,14,16H,1-7H2,(H,13,15). The van der Waals surface area contributed by atoms with Gasteiger partial charge in [-0.25, -0.2) is 0 Å². The van der Waals surface area contributed by atoms with Crippen LogP contribution in [0.4, 0.5) is 0 Å². The number of carbonyl (C=O) groups excluding carboxylic acids is 1. The lowest BCUT2D eigenvalue weighted by Crippen LogP contribution is -2.46. The lowest BCUT2D eigenvalue weighted by molar-refractivity contribution is -0.126. The lowest BCUT2D eigenvalue weighted by atomic mass is 9.88. The topological polar surface area (TPSA) is 70.6 Å². The fourth-order valence-electron chi connectivity index (χ4n) is 3.23. The van der Waals surface area contributed by atoms with E-state index in [-0.39, 0.29) is 11.8 Å². The molecule has 3 N–H and O–H groups in total. The van der Waals surface area contributed by atoms with Gasteiger partial charge in [-0.05, 0) is 19.3 Å². The molecule has 2 bridgehead atoms. The van der Waals surface area contributed by atoms with E-state index in [0.29, 0.717) is 38.3 Å². The van der Waals surface area contributed by atoms with Gasteiger partial charge in [0.2, 0.25) is 5.91 Å². The number of nitrogens with one attached hydrogen (secondary N) is 2. The van der Waals surface area contributed by atoms with E-state index in [1.807, 2.05) is 0 Å². The van der Waals surface area contributed by atoms with Crippen molar-refractivity contribution in [1.29, 1.82) is 0 Å². The number of fused-ring (bicyclic) bond motifs is 2. The Morgan fingerprint density at radius 2 is 2.41 bits per heavy atom. The number of hydrogen-bond donors (Lipinski definition) is 3. The van der Waals surface area contributed by atoms with Gasteiger partial charge in [-0.3, -0.25) is 4.79 Å². The van der Waals surface area contributed by atoms with Gasteiger partial charge in [0.05, 0.1) is 12.5 Å². The van der Waals surface area contributed by atoms with E-state index in [1.165, 1.54) is 6.42 Å². The maximum atomic E-state index is 12.0. The molecule has 1 amide bonds. The van der Waals surface area contributed by atoms with E-state index >= 15 is 0 Å². The molecule has 3 aliphatic rings. The fourth-order valence-corrected chi connectivity index (χ4v) is 3.23. The van der Waals surface area contributed by atoms with Crippen LogP contribution >= 0.6 is 0 Å². The summed E-state index contributed by atoms with van der Waals surface area (Å²) in [5, 5.41) is 16.4. The van der Waals surface area contributed by atoms with Crippen molar-refractivity contribution in [3.8, 4) is 0 Å². The van der Waals surface area contributed by atoms with Crippen molar-refractivity contribution < 1.29 is 14.6 Å². The van der Waals surface area contributed by atoms with E-state index in [2.05, 4.69) is 10.6 Å². The van der Waals surface area contributed by atoms with Crippen molar-refractivity contribution in [3.63, 3.8) is 0 Å². The highest BCUT2D eigenvalue weighted by molar-refractivity contribution is 5.80. The molecule has 4 atom stereocenters. The molecule has 4 unspecified atom stereocenters. The molecule has 0 aliphatic carbocycles. The van der Waals surface area contributed by atoms with Gasteiger partial charge in [0, 0.05) is 31.7 Å². The predicted molar refractivity (Wildman–Crippen MR) is 61.4 cm³/mol. The fraction of sp³-hybridized carbons (Fsp3) is 0.917. The normalized spacial score (nSPS) is 44.2. The van der Waals surface area contributed by atoms with Gasteiger partial charge in [0.25, 0.3) is 0 Å². The summed E-state index contributed by atoms with van der Waals surface area (Å²) in [6, 6.07) is 0.892. The quantitative estimate of drug-likeness (QED) is 0.616. The van der Waals surface area contributed by atoms with E-state index in [0.717, 1.165) is 12.8 Å². The SMILES string of the molecule is O=C(NCC1(O)CCOC1)C1CC2CCC1N2. The highest BCUT2D eigenvalue weighted by Crippen LogP contribution is 2.33. The van der Waals surface area contributed by atoms with Gasteiger partial charge in [-0.2, -0.15) is 0 Å². The summed E-state index contributed by atoms with van der Waals surface area (Å²) in [5.74, 6) is 0.185. The minimum absolute atomic E-state index is 0.0880. The molecule has 0 radical (unpaired) electrons. The van der Waals surface area contributed by atoms with Crippen molar-refractivity contribution in [1.82, 2.24) is 10.6 Å². The van der Waals surface area contributed by atoms with Gasteiger partial charge < -0.3 is 20.5 Å². The van der Waals surface area contributed by atoms with Crippen molar-refractivity contribution in [3.05, 3.63) is 0 Å². The Labute approximate surface area is 101 Å². The van der Waals surface area contributed by atoms with E-state index in [4.69, 9.17) is 4.74 Å². The number of carbonyl (C=O) groups is 1. The summed E-state index contributed by atoms with van der Waals surface area (Å²) in [6.07, 6.45) is 3.87. The summed E-state index contributed by atoms with van der Waals surface area (Å²) in [7, 11) is 0. The van der Waals surface area contributed by atoms with Gasteiger partial charge in [-0.15, -0.1) is 0 Å². The minimum atomic E-state index is -0.847. The smallest absolute Gasteiger partial charge is 0.224 e. The van der Waals surface area contributed by atoms with Gasteiger partial charge in [0.1, 0.15) is 5.60 Å². The zero-order valence-electron chi connectivity index (χ0n) is 9.95. The maximum absolute atomic E-state index is 12.0. The molecule has 0 aromatic rings. The first-order valence-corrected chi connectivity index (χ1v) is 6.50. The molecule has 3 rings (SSSR count). The summed E-state index contributed by atoms with van der Waals surface area (Å²) >= 11 is 0. The Kier molecular flexibility index (Phi) is 2.84. The molecule has 3 aliphatic heterocycles. The average Bonchev–Trinajstić information content (AvgIpc) is 3.02. The molecular formula is C12H20N2O3. The summed E-state index contributed by atoms with van der Waals surface area (Å²) < 4.78 is 5.15. The van der Waals surface area contributed by atoms with Crippen LogP contribution in [0.25, 0.3) is 0 Å². The maximum Gasteiger partial charge on any atom is 0.224 e. The van der Waals surface area contributed by atoms with Crippen molar-refractivity contribution >= 4 is 5.91 Å². The number of rotatable bonds is 3. The van der Waals surface area contributed by atoms with Crippen LogP contribution in [-0.4, -0.2) is 48.5 Å². The van der Waals surface area contributed by atoms with Crippen LogP contribution in [0.15, 0.2) is 0 Å². The Morgan fingerprint density at radius 1 is 1.53 bits per heavy atom. The second kappa shape index (κ2) is 4.23. The first kappa shape index (κ1) is 11.4. The van der Waals surface area contributed by atoms with Crippen LogP contribution < -0.4 is 10.6 Å². The summed E-state index contributed by atoms with van der Waals surface area (Å²) in [4.78, 5) is 12.0. The minimum Gasteiger partial charge on any atom is -0.386 e. The van der Waals surface area contributed by atoms with Crippen LogP contribution in [0.3, 0.4) is 0 Å². The van der Waals surface area contributed by atoms with Crippen LogP contribution in [0.2, 0.25) is 0 Å². The second-order valence-electron chi connectivity index (χ2n) is 5.63. The molecule has 0 saturated carbocycles. The highest BCUT2D eigenvalue weighted by atomic mass is 16.5. The highest BCUT2D eigenvalue weighted by Gasteiger charge is 2.43. The lowest BCUT2D eigenvalue weighted by Gasteiger charge is -2.24. The molecular weight excluding hydrogens is 220 g/mol. The third-order valence-electron chi connectivity index (χ3n) is 4.31. The van der Waals surface area contributed by atoms with Gasteiger partial charge >= 0.3 is 0 Å². The monoisotopic (exact) mass is 240 g/mol. The first-order chi connectivity index (χ1) is 8.16. The van der Waals surface area contributed by atoms with Crippen molar-refractivity contribution in [2.75, 3.05) is 19.8 Å². The molecule has 96 valence electrons. The summed E-state index contributed by atoms with van der Waals surface area (Å²) in [5.41, 5.74) is -0.847. The number of hydrogen-bond acceptors (Lipinski definition) is 4. The molecule has 0 spiro atoms. The van der Waals surface area contributed by atoms with Crippen molar-refractivity contribution in [2.24, 2.45) is 5.92 Å². The third kappa shape index (κ3) is 2.19. The summed E-state index contributed by atoms with van der Waals surface area (Å²) in [6.45, 7) is 1.24. The van der Waals surface area contributed by atoms with Gasteiger partial charge in [-0.1, -0.05) is 0 Å². The van der Waals surface area contributed by atoms with Crippen LogP contribution in [0, 0.1) is 5.92 Å². The predicted octanol–water partition coefficient (Wildman–Crippen LogP) is -0.605. The molecule has 0 aromatic carbocycles. The molecule has 3 saturated heterocycles. The van der Waals surface area contributed by atoms with E-state index in [1.54, 1.807) is 0 Å².